The number of benzene rings is 1. The predicted octanol–water partition coefficient (Wildman–Crippen LogP) is 1.83. The molecule has 3 N–H and O–H groups in total. The van der Waals surface area contributed by atoms with Gasteiger partial charge in [-0.2, -0.15) is 0 Å². The molecule has 2 rings (SSSR count). The first-order valence-electron chi connectivity index (χ1n) is 4.91. The fraction of sp³-hybridized carbons (Fsp3) is 0.455. The van der Waals surface area contributed by atoms with E-state index in [0.29, 0.717) is 19.4 Å². The molecule has 1 aromatic rings. The summed E-state index contributed by atoms with van der Waals surface area (Å²) in [7, 11) is 0. The number of halogens is 2. The van der Waals surface area contributed by atoms with E-state index in [1.807, 2.05) is 0 Å². The summed E-state index contributed by atoms with van der Waals surface area (Å²) in [5.41, 5.74) is 6.41. The van der Waals surface area contributed by atoms with Crippen LogP contribution in [0.1, 0.15) is 18.4 Å². The van der Waals surface area contributed by atoms with Crippen molar-refractivity contribution in [1.29, 1.82) is 0 Å². The highest BCUT2D eigenvalue weighted by molar-refractivity contribution is 6.30. The zero-order chi connectivity index (χ0) is 11.1. The third-order valence-corrected chi connectivity index (χ3v) is 3.47. The third kappa shape index (κ3) is 1.75. The molecule has 1 fully saturated rings. The largest absolute Gasteiger partial charge is 0.393 e. The van der Waals surface area contributed by atoms with E-state index in [2.05, 4.69) is 0 Å². The molecule has 0 atom stereocenters. The van der Waals surface area contributed by atoms with Crippen LogP contribution in [0.5, 0.6) is 0 Å². The minimum absolute atomic E-state index is 0.113. The van der Waals surface area contributed by atoms with Gasteiger partial charge < -0.3 is 10.8 Å². The molecule has 2 nitrogen and oxygen atoms in total. The second kappa shape index (κ2) is 3.74. The molecular formula is C11H13ClFNO. The second-order valence-electron chi connectivity index (χ2n) is 4.18. The van der Waals surface area contributed by atoms with Gasteiger partial charge in [-0.15, -0.1) is 0 Å². The van der Waals surface area contributed by atoms with Crippen molar-refractivity contribution >= 4 is 11.6 Å². The van der Waals surface area contributed by atoms with Crippen LogP contribution in [0, 0.1) is 5.82 Å². The smallest absolute Gasteiger partial charge is 0.141 e. The summed E-state index contributed by atoms with van der Waals surface area (Å²) in [5, 5.41) is 9.45. The highest BCUT2D eigenvalue weighted by atomic mass is 35.5. The van der Waals surface area contributed by atoms with Crippen LogP contribution in [0.25, 0.3) is 0 Å². The predicted molar refractivity (Wildman–Crippen MR) is 57.4 cm³/mol. The lowest BCUT2D eigenvalue weighted by atomic mass is 9.63. The average Bonchev–Trinajstić information content (AvgIpc) is 2.17. The van der Waals surface area contributed by atoms with Crippen LogP contribution in [0.3, 0.4) is 0 Å². The zero-order valence-corrected chi connectivity index (χ0v) is 8.97. The Morgan fingerprint density at radius 2 is 2.20 bits per heavy atom. The zero-order valence-electron chi connectivity index (χ0n) is 8.21. The number of rotatable bonds is 2. The van der Waals surface area contributed by atoms with Crippen molar-refractivity contribution in [2.45, 2.75) is 24.4 Å². The van der Waals surface area contributed by atoms with Crippen molar-refractivity contribution < 1.29 is 9.50 Å². The Bertz CT molecular complexity index is 377. The molecule has 0 saturated heterocycles. The summed E-state index contributed by atoms with van der Waals surface area (Å²) in [5.74, 6) is -0.424. The quantitative estimate of drug-likeness (QED) is 0.813. The molecule has 1 aromatic carbocycles. The first-order chi connectivity index (χ1) is 7.07. The van der Waals surface area contributed by atoms with Gasteiger partial charge in [0.1, 0.15) is 5.82 Å². The summed E-state index contributed by atoms with van der Waals surface area (Å²) in [6.45, 7) is 0.450. The summed E-state index contributed by atoms with van der Waals surface area (Å²) in [6, 6.07) is 4.65. The molecule has 0 aliphatic heterocycles. The standard InChI is InChI=1S/C11H13ClFNO/c12-9-3-7(1-2-10(9)13)11(6-14)4-8(15)5-11/h1-3,8,15H,4-6,14H2. The van der Waals surface area contributed by atoms with Crippen molar-refractivity contribution in [2.24, 2.45) is 5.73 Å². The van der Waals surface area contributed by atoms with Crippen LogP contribution in [0.2, 0.25) is 5.02 Å². The van der Waals surface area contributed by atoms with Gasteiger partial charge in [-0.3, -0.25) is 0 Å². The number of aliphatic hydroxyl groups excluding tert-OH is 1. The van der Waals surface area contributed by atoms with Gasteiger partial charge >= 0.3 is 0 Å². The van der Waals surface area contributed by atoms with E-state index in [1.165, 1.54) is 6.07 Å². The van der Waals surface area contributed by atoms with Gasteiger partial charge in [-0.05, 0) is 30.5 Å². The van der Waals surface area contributed by atoms with E-state index in [-0.39, 0.29) is 16.5 Å². The molecule has 0 unspecified atom stereocenters. The first kappa shape index (κ1) is 10.9. The van der Waals surface area contributed by atoms with E-state index < -0.39 is 5.82 Å². The van der Waals surface area contributed by atoms with Gasteiger partial charge in [0, 0.05) is 12.0 Å². The molecule has 1 aliphatic carbocycles. The van der Waals surface area contributed by atoms with Crippen LogP contribution in [-0.4, -0.2) is 17.8 Å². The highest BCUT2D eigenvalue weighted by Gasteiger charge is 2.43. The van der Waals surface area contributed by atoms with E-state index in [9.17, 15) is 9.50 Å². The first-order valence-corrected chi connectivity index (χ1v) is 5.29. The minimum atomic E-state index is -0.424. The normalized spacial score (nSPS) is 30.0. The number of hydrogen-bond donors (Lipinski definition) is 2. The van der Waals surface area contributed by atoms with Crippen molar-refractivity contribution in [2.75, 3.05) is 6.54 Å². The maximum absolute atomic E-state index is 13.0. The molecule has 0 amide bonds. The molecule has 1 saturated carbocycles. The van der Waals surface area contributed by atoms with Crippen LogP contribution < -0.4 is 5.73 Å². The van der Waals surface area contributed by atoms with Crippen LogP contribution in [0.4, 0.5) is 4.39 Å². The fourth-order valence-corrected chi connectivity index (χ4v) is 2.37. The number of hydrogen-bond acceptors (Lipinski definition) is 2. The molecule has 15 heavy (non-hydrogen) atoms. The van der Waals surface area contributed by atoms with Crippen LogP contribution in [0.15, 0.2) is 18.2 Å². The Morgan fingerprint density at radius 1 is 1.53 bits per heavy atom. The number of nitrogens with two attached hydrogens (primary N) is 1. The Kier molecular flexibility index (Phi) is 2.71. The maximum atomic E-state index is 13.0. The summed E-state index contributed by atoms with van der Waals surface area (Å²) >= 11 is 5.72. The number of aliphatic hydroxyl groups is 1. The van der Waals surface area contributed by atoms with Gasteiger partial charge in [-0.1, -0.05) is 17.7 Å². The summed E-state index contributed by atoms with van der Waals surface area (Å²) < 4.78 is 13.0. The molecule has 0 aromatic heterocycles. The Labute approximate surface area is 92.9 Å². The van der Waals surface area contributed by atoms with Gasteiger partial charge in [0.15, 0.2) is 0 Å². The Morgan fingerprint density at radius 3 is 2.67 bits per heavy atom. The SMILES string of the molecule is NCC1(c2ccc(F)c(Cl)c2)CC(O)C1. The Balaban J connectivity index is 2.32. The minimum Gasteiger partial charge on any atom is -0.393 e. The molecule has 0 bridgehead atoms. The van der Waals surface area contributed by atoms with Gasteiger partial charge in [0.05, 0.1) is 11.1 Å². The van der Waals surface area contributed by atoms with Gasteiger partial charge in [0.2, 0.25) is 0 Å². The van der Waals surface area contributed by atoms with Crippen molar-refractivity contribution in [1.82, 2.24) is 0 Å². The van der Waals surface area contributed by atoms with E-state index >= 15 is 0 Å². The second-order valence-corrected chi connectivity index (χ2v) is 4.58. The highest BCUT2D eigenvalue weighted by Crippen LogP contribution is 2.43. The van der Waals surface area contributed by atoms with E-state index in [1.54, 1.807) is 12.1 Å². The summed E-state index contributed by atoms with van der Waals surface area (Å²) in [4.78, 5) is 0. The van der Waals surface area contributed by atoms with Crippen molar-refractivity contribution in [3.8, 4) is 0 Å². The van der Waals surface area contributed by atoms with E-state index in [4.69, 9.17) is 17.3 Å². The molecule has 82 valence electrons. The van der Waals surface area contributed by atoms with Gasteiger partial charge in [0.25, 0.3) is 0 Å². The van der Waals surface area contributed by atoms with Gasteiger partial charge in [-0.25, -0.2) is 4.39 Å². The maximum Gasteiger partial charge on any atom is 0.141 e. The van der Waals surface area contributed by atoms with Crippen LogP contribution in [-0.2, 0) is 5.41 Å². The molecule has 0 spiro atoms. The lowest BCUT2D eigenvalue weighted by Gasteiger charge is -2.45. The molecule has 0 radical (unpaired) electrons. The molecule has 1 aliphatic rings. The molecule has 0 heterocycles. The monoisotopic (exact) mass is 229 g/mol. The Hall–Kier alpha value is -0.640. The molecular weight excluding hydrogens is 217 g/mol. The lowest BCUT2D eigenvalue weighted by Crippen LogP contribution is -2.49. The van der Waals surface area contributed by atoms with E-state index in [0.717, 1.165) is 5.56 Å². The topological polar surface area (TPSA) is 46.2 Å². The lowest BCUT2D eigenvalue weighted by molar-refractivity contribution is 0.0221. The fourth-order valence-electron chi connectivity index (χ4n) is 2.19. The van der Waals surface area contributed by atoms with Crippen molar-refractivity contribution in [3.63, 3.8) is 0 Å². The summed E-state index contributed by atoms with van der Waals surface area (Å²) in [6.07, 6.45) is 0.967. The molecule has 4 heteroatoms. The van der Waals surface area contributed by atoms with Crippen molar-refractivity contribution in [3.05, 3.63) is 34.6 Å². The van der Waals surface area contributed by atoms with Crippen LogP contribution >= 0.6 is 11.6 Å². The third-order valence-electron chi connectivity index (χ3n) is 3.18. The average molecular weight is 230 g/mol.